The minimum absolute atomic E-state index is 0.0134. The van der Waals surface area contributed by atoms with E-state index in [0.29, 0.717) is 17.9 Å². The molecule has 0 atom stereocenters. The molecular weight excluding hydrogens is 328 g/mol. The van der Waals surface area contributed by atoms with Crippen LogP contribution in [0.2, 0.25) is 0 Å². The minimum atomic E-state index is 0.0134. The van der Waals surface area contributed by atoms with Gasteiger partial charge in [0, 0.05) is 31.3 Å². The third-order valence-electron chi connectivity index (χ3n) is 4.89. The minimum Gasteiger partial charge on any atom is -0.484 e. The molecule has 0 bridgehead atoms. The fourth-order valence-corrected chi connectivity index (χ4v) is 3.34. The Balaban J connectivity index is 1.80. The number of anilines is 1. The lowest BCUT2D eigenvalue weighted by Crippen LogP contribution is -2.32. The van der Waals surface area contributed by atoms with Gasteiger partial charge in [-0.2, -0.15) is 0 Å². The molecule has 1 aromatic carbocycles. The molecule has 2 rings (SSSR count). The molecule has 1 aliphatic rings. The Labute approximate surface area is 157 Å². The number of carbonyl (C=O) groups is 2. The van der Waals surface area contributed by atoms with Crippen LogP contribution >= 0.6 is 0 Å². The van der Waals surface area contributed by atoms with Gasteiger partial charge in [0.2, 0.25) is 5.91 Å². The molecule has 1 aliphatic heterocycles. The number of carbonyl (C=O) groups excluding carboxylic acids is 2. The molecule has 1 N–H and O–H groups in total. The molecule has 144 valence electrons. The quantitative estimate of drug-likeness (QED) is 0.717. The molecule has 1 saturated heterocycles. The standard InChI is InChI=1S/C21H32N2O3/c1-4-11-21(2,3)12-10-19(24)22-17-8-7-9-18(15-17)26-16-20(25)23-13-5-6-14-23/h7-9,15H,4-6,10-14,16H2,1-3H3,(H,22,24). The second-order valence-electron chi connectivity index (χ2n) is 7.87. The van der Waals surface area contributed by atoms with E-state index in [4.69, 9.17) is 4.74 Å². The first kappa shape index (κ1) is 20.3. The van der Waals surface area contributed by atoms with E-state index in [1.54, 1.807) is 12.1 Å². The smallest absolute Gasteiger partial charge is 0.260 e. The number of nitrogens with one attached hydrogen (secondary N) is 1. The summed E-state index contributed by atoms with van der Waals surface area (Å²) in [6, 6.07) is 7.24. The highest BCUT2D eigenvalue weighted by atomic mass is 16.5. The van der Waals surface area contributed by atoms with Crippen molar-refractivity contribution < 1.29 is 14.3 Å². The van der Waals surface area contributed by atoms with Crippen LogP contribution in [0.1, 0.15) is 59.3 Å². The van der Waals surface area contributed by atoms with Gasteiger partial charge in [-0.15, -0.1) is 0 Å². The lowest BCUT2D eigenvalue weighted by Gasteiger charge is -2.23. The van der Waals surface area contributed by atoms with Gasteiger partial charge in [0.05, 0.1) is 0 Å². The van der Waals surface area contributed by atoms with Crippen LogP contribution in [-0.4, -0.2) is 36.4 Å². The van der Waals surface area contributed by atoms with Crippen LogP contribution in [0.5, 0.6) is 5.75 Å². The van der Waals surface area contributed by atoms with E-state index in [1.807, 2.05) is 17.0 Å². The molecule has 1 aromatic rings. The van der Waals surface area contributed by atoms with Gasteiger partial charge in [0.1, 0.15) is 5.75 Å². The van der Waals surface area contributed by atoms with Crippen LogP contribution in [0, 0.1) is 5.41 Å². The number of rotatable bonds is 9. The number of hydrogen-bond donors (Lipinski definition) is 1. The summed E-state index contributed by atoms with van der Waals surface area (Å²) in [4.78, 5) is 26.1. The number of likely N-dealkylation sites (tertiary alicyclic amines) is 1. The first-order valence-corrected chi connectivity index (χ1v) is 9.70. The maximum Gasteiger partial charge on any atom is 0.260 e. The lowest BCUT2D eigenvalue weighted by atomic mass is 9.83. The Hall–Kier alpha value is -2.04. The monoisotopic (exact) mass is 360 g/mol. The highest BCUT2D eigenvalue weighted by Gasteiger charge is 2.19. The zero-order valence-corrected chi connectivity index (χ0v) is 16.3. The molecule has 0 unspecified atom stereocenters. The molecule has 2 amide bonds. The van der Waals surface area contributed by atoms with Crippen LogP contribution in [-0.2, 0) is 9.59 Å². The van der Waals surface area contributed by atoms with Crippen molar-refractivity contribution >= 4 is 17.5 Å². The van der Waals surface area contributed by atoms with Crippen LogP contribution < -0.4 is 10.1 Å². The maximum absolute atomic E-state index is 12.2. The van der Waals surface area contributed by atoms with Gasteiger partial charge in [0.15, 0.2) is 6.61 Å². The van der Waals surface area contributed by atoms with Crippen LogP contribution in [0.4, 0.5) is 5.69 Å². The Morgan fingerprint density at radius 2 is 1.92 bits per heavy atom. The molecule has 1 heterocycles. The highest BCUT2D eigenvalue weighted by Crippen LogP contribution is 2.28. The van der Waals surface area contributed by atoms with Gasteiger partial charge in [0.25, 0.3) is 5.91 Å². The number of ether oxygens (including phenoxy) is 1. The number of hydrogen-bond acceptors (Lipinski definition) is 3. The van der Waals surface area contributed by atoms with E-state index in [-0.39, 0.29) is 23.8 Å². The molecular formula is C21H32N2O3. The molecule has 0 spiro atoms. The summed E-state index contributed by atoms with van der Waals surface area (Å²) < 4.78 is 5.61. The molecule has 5 nitrogen and oxygen atoms in total. The fraction of sp³-hybridized carbons (Fsp3) is 0.619. The maximum atomic E-state index is 12.2. The van der Waals surface area contributed by atoms with Gasteiger partial charge in [-0.25, -0.2) is 0 Å². The van der Waals surface area contributed by atoms with Gasteiger partial charge in [-0.05, 0) is 43.2 Å². The summed E-state index contributed by atoms with van der Waals surface area (Å²) in [7, 11) is 0. The van der Waals surface area contributed by atoms with E-state index < -0.39 is 0 Å². The predicted octanol–water partition coefficient (Wildman–Crippen LogP) is 4.23. The van der Waals surface area contributed by atoms with Gasteiger partial charge in [-0.3, -0.25) is 9.59 Å². The Morgan fingerprint density at radius 3 is 2.62 bits per heavy atom. The predicted molar refractivity (Wildman–Crippen MR) is 104 cm³/mol. The number of nitrogens with zero attached hydrogens (tertiary/aromatic N) is 1. The third-order valence-corrected chi connectivity index (χ3v) is 4.89. The highest BCUT2D eigenvalue weighted by molar-refractivity contribution is 5.90. The third kappa shape index (κ3) is 6.70. The number of amides is 2. The second-order valence-corrected chi connectivity index (χ2v) is 7.87. The van der Waals surface area contributed by atoms with E-state index in [0.717, 1.165) is 45.2 Å². The van der Waals surface area contributed by atoms with E-state index in [2.05, 4.69) is 26.1 Å². The summed E-state index contributed by atoms with van der Waals surface area (Å²) in [6.07, 6.45) is 5.77. The van der Waals surface area contributed by atoms with Crippen molar-refractivity contribution in [2.24, 2.45) is 5.41 Å². The number of benzene rings is 1. The van der Waals surface area contributed by atoms with Gasteiger partial charge >= 0.3 is 0 Å². The lowest BCUT2D eigenvalue weighted by molar-refractivity contribution is -0.132. The van der Waals surface area contributed by atoms with E-state index in [1.165, 1.54) is 0 Å². The SMILES string of the molecule is CCCC(C)(C)CCC(=O)Nc1cccc(OCC(=O)N2CCCC2)c1. The summed E-state index contributed by atoms with van der Waals surface area (Å²) in [5.41, 5.74) is 0.891. The summed E-state index contributed by atoms with van der Waals surface area (Å²) in [6.45, 7) is 8.27. The zero-order valence-electron chi connectivity index (χ0n) is 16.3. The fourth-order valence-electron chi connectivity index (χ4n) is 3.34. The molecule has 26 heavy (non-hydrogen) atoms. The topological polar surface area (TPSA) is 58.6 Å². The van der Waals surface area contributed by atoms with Crippen molar-refractivity contribution in [2.45, 2.75) is 59.3 Å². The van der Waals surface area contributed by atoms with Crippen LogP contribution in [0.15, 0.2) is 24.3 Å². The first-order chi connectivity index (χ1) is 12.4. The summed E-state index contributed by atoms with van der Waals surface area (Å²) >= 11 is 0. The average molecular weight is 360 g/mol. The van der Waals surface area contributed by atoms with Crippen molar-refractivity contribution in [1.29, 1.82) is 0 Å². The van der Waals surface area contributed by atoms with Gasteiger partial charge < -0.3 is 15.0 Å². The molecule has 0 saturated carbocycles. The van der Waals surface area contributed by atoms with Gasteiger partial charge in [-0.1, -0.05) is 33.3 Å². The Bertz CT molecular complexity index is 607. The zero-order chi connectivity index (χ0) is 19.0. The van der Waals surface area contributed by atoms with Crippen molar-refractivity contribution in [3.8, 4) is 5.75 Å². The van der Waals surface area contributed by atoms with E-state index in [9.17, 15) is 9.59 Å². The van der Waals surface area contributed by atoms with Crippen molar-refractivity contribution in [2.75, 3.05) is 25.0 Å². The van der Waals surface area contributed by atoms with Crippen LogP contribution in [0.3, 0.4) is 0 Å². The van der Waals surface area contributed by atoms with Crippen molar-refractivity contribution in [3.63, 3.8) is 0 Å². The largest absolute Gasteiger partial charge is 0.484 e. The summed E-state index contributed by atoms with van der Waals surface area (Å²) in [5.74, 6) is 0.635. The Kier molecular flexibility index (Phi) is 7.49. The first-order valence-electron chi connectivity index (χ1n) is 9.70. The Morgan fingerprint density at radius 1 is 1.19 bits per heavy atom. The van der Waals surface area contributed by atoms with Crippen LogP contribution in [0.25, 0.3) is 0 Å². The normalized spacial score (nSPS) is 14.3. The van der Waals surface area contributed by atoms with Crippen molar-refractivity contribution in [3.05, 3.63) is 24.3 Å². The second kappa shape index (κ2) is 9.60. The summed E-state index contributed by atoms with van der Waals surface area (Å²) in [5, 5.41) is 2.93. The molecule has 1 fully saturated rings. The van der Waals surface area contributed by atoms with E-state index >= 15 is 0 Å². The molecule has 0 aliphatic carbocycles. The molecule has 0 radical (unpaired) electrons. The molecule has 0 aromatic heterocycles. The van der Waals surface area contributed by atoms with Crippen molar-refractivity contribution in [1.82, 2.24) is 4.90 Å². The molecule has 5 heteroatoms. The average Bonchev–Trinajstić information content (AvgIpc) is 3.13.